The summed E-state index contributed by atoms with van der Waals surface area (Å²) in [5.74, 6) is -0.108. The maximum atomic E-state index is 13.1. The lowest BCUT2D eigenvalue weighted by atomic mass is 10.1. The number of fused-ring (bicyclic) bond motifs is 1. The summed E-state index contributed by atoms with van der Waals surface area (Å²) in [4.78, 5) is 22.3. The van der Waals surface area contributed by atoms with Crippen LogP contribution < -0.4 is 10.2 Å². The van der Waals surface area contributed by atoms with Gasteiger partial charge < -0.3 is 10.2 Å². The molecular weight excluding hydrogens is 413 g/mol. The van der Waals surface area contributed by atoms with Crippen molar-refractivity contribution >= 4 is 45.0 Å². The van der Waals surface area contributed by atoms with E-state index in [-0.39, 0.29) is 11.7 Å². The van der Waals surface area contributed by atoms with Gasteiger partial charge >= 0.3 is 6.18 Å². The SMILES string of the molecule is O=C(/C=C/c1ccc(C(F)(F)F)nc1N1CCCCC1)Nc1ccc2ncsc2c1. The molecule has 1 fully saturated rings. The lowest BCUT2D eigenvalue weighted by Gasteiger charge is -2.29. The second-order valence-electron chi connectivity index (χ2n) is 7.01. The summed E-state index contributed by atoms with van der Waals surface area (Å²) in [6.45, 7) is 1.30. The monoisotopic (exact) mass is 432 g/mol. The predicted octanol–water partition coefficient (Wildman–Crippen LogP) is 5.35. The first-order valence-electron chi connectivity index (χ1n) is 9.56. The Bertz CT molecular complexity index is 1090. The number of alkyl halides is 3. The van der Waals surface area contributed by atoms with Gasteiger partial charge in [0, 0.05) is 30.4 Å². The molecule has 2 aromatic heterocycles. The Labute approximate surface area is 175 Å². The third-order valence-electron chi connectivity index (χ3n) is 4.86. The molecule has 1 aliphatic heterocycles. The number of rotatable bonds is 4. The molecule has 9 heteroatoms. The van der Waals surface area contributed by atoms with Crippen LogP contribution in [0.4, 0.5) is 24.7 Å². The van der Waals surface area contributed by atoms with Gasteiger partial charge in [0.15, 0.2) is 0 Å². The number of hydrogen-bond acceptors (Lipinski definition) is 5. The molecule has 0 aliphatic carbocycles. The number of benzene rings is 1. The molecule has 0 atom stereocenters. The van der Waals surface area contributed by atoms with E-state index in [1.807, 2.05) is 17.0 Å². The van der Waals surface area contributed by atoms with Gasteiger partial charge in [0.1, 0.15) is 11.5 Å². The Morgan fingerprint density at radius 2 is 1.93 bits per heavy atom. The van der Waals surface area contributed by atoms with Crippen molar-refractivity contribution in [3.63, 3.8) is 0 Å². The van der Waals surface area contributed by atoms with Crippen LogP contribution >= 0.6 is 11.3 Å². The van der Waals surface area contributed by atoms with Crippen LogP contribution in [0.15, 0.2) is 41.9 Å². The minimum atomic E-state index is -4.51. The Hall–Kier alpha value is -2.94. The Balaban J connectivity index is 1.55. The molecule has 0 spiro atoms. The summed E-state index contributed by atoms with van der Waals surface area (Å²) >= 11 is 1.47. The number of thiazole rings is 1. The number of carbonyl (C=O) groups is 1. The van der Waals surface area contributed by atoms with Gasteiger partial charge in [0.2, 0.25) is 5.91 Å². The zero-order valence-electron chi connectivity index (χ0n) is 15.9. The van der Waals surface area contributed by atoms with Crippen LogP contribution in [0, 0.1) is 0 Å². The zero-order chi connectivity index (χ0) is 21.1. The molecule has 3 aromatic rings. The smallest absolute Gasteiger partial charge is 0.356 e. The fourth-order valence-electron chi connectivity index (χ4n) is 3.39. The quantitative estimate of drug-likeness (QED) is 0.565. The van der Waals surface area contributed by atoms with Crippen LogP contribution in [0.1, 0.15) is 30.5 Å². The lowest BCUT2D eigenvalue weighted by Crippen LogP contribution is -2.31. The normalized spacial score (nSPS) is 15.1. The van der Waals surface area contributed by atoms with Crippen molar-refractivity contribution in [1.29, 1.82) is 0 Å². The zero-order valence-corrected chi connectivity index (χ0v) is 16.8. The number of carbonyl (C=O) groups excluding carboxylic acids is 1. The van der Waals surface area contributed by atoms with Crippen molar-refractivity contribution in [2.75, 3.05) is 23.3 Å². The molecule has 3 heterocycles. The first-order valence-corrected chi connectivity index (χ1v) is 10.4. The number of piperidine rings is 1. The molecule has 1 amide bonds. The minimum Gasteiger partial charge on any atom is -0.356 e. The number of pyridine rings is 1. The Morgan fingerprint density at radius 1 is 1.13 bits per heavy atom. The first kappa shape index (κ1) is 20.3. The maximum absolute atomic E-state index is 13.1. The summed E-state index contributed by atoms with van der Waals surface area (Å²) in [6, 6.07) is 7.72. The van der Waals surface area contributed by atoms with Gasteiger partial charge in [0.05, 0.1) is 15.7 Å². The van der Waals surface area contributed by atoms with Crippen molar-refractivity contribution in [2.45, 2.75) is 25.4 Å². The van der Waals surface area contributed by atoms with Gasteiger partial charge in [0.25, 0.3) is 0 Å². The van der Waals surface area contributed by atoms with Crippen LogP contribution in [0.5, 0.6) is 0 Å². The standard InChI is InChI=1S/C21H19F3N4OS/c22-21(23,24)18-8-4-14(20(27-18)28-10-2-1-3-11-28)5-9-19(29)26-15-6-7-16-17(12-15)30-13-25-16/h4-9,12-13H,1-3,10-11H2,(H,26,29)/b9-5+. The molecular formula is C21H19F3N4OS. The van der Waals surface area contributed by atoms with E-state index in [1.165, 1.54) is 29.6 Å². The number of amides is 1. The van der Waals surface area contributed by atoms with E-state index in [9.17, 15) is 18.0 Å². The number of anilines is 2. The second-order valence-corrected chi connectivity index (χ2v) is 7.90. The van der Waals surface area contributed by atoms with Crippen LogP contribution in [-0.2, 0) is 11.0 Å². The van der Waals surface area contributed by atoms with E-state index in [0.717, 1.165) is 35.5 Å². The van der Waals surface area contributed by atoms with Gasteiger partial charge in [-0.3, -0.25) is 4.79 Å². The third-order valence-corrected chi connectivity index (χ3v) is 5.66. The second kappa shape index (κ2) is 8.43. The first-order chi connectivity index (χ1) is 14.4. The molecule has 1 N–H and O–H groups in total. The van der Waals surface area contributed by atoms with E-state index in [0.29, 0.717) is 24.3 Å². The van der Waals surface area contributed by atoms with E-state index in [2.05, 4.69) is 15.3 Å². The maximum Gasteiger partial charge on any atom is 0.433 e. The van der Waals surface area contributed by atoms with Crippen molar-refractivity contribution in [3.8, 4) is 0 Å². The average molecular weight is 432 g/mol. The van der Waals surface area contributed by atoms with Crippen molar-refractivity contribution in [3.05, 3.63) is 53.2 Å². The summed E-state index contributed by atoms with van der Waals surface area (Å²) in [6.07, 6.45) is 1.17. The van der Waals surface area contributed by atoms with Crippen LogP contribution in [0.25, 0.3) is 16.3 Å². The van der Waals surface area contributed by atoms with Gasteiger partial charge in [-0.2, -0.15) is 13.2 Å². The summed E-state index contributed by atoms with van der Waals surface area (Å²) in [5, 5.41) is 2.77. The van der Waals surface area contributed by atoms with Gasteiger partial charge in [-0.15, -0.1) is 11.3 Å². The van der Waals surface area contributed by atoms with Crippen LogP contribution in [-0.4, -0.2) is 29.0 Å². The van der Waals surface area contributed by atoms with Gasteiger partial charge in [-0.25, -0.2) is 9.97 Å². The summed E-state index contributed by atoms with van der Waals surface area (Å²) in [7, 11) is 0. The van der Waals surface area contributed by atoms with E-state index in [1.54, 1.807) is 11.6 Å². The number of nitrogens with zero attached hydrogens (tertiary/aromatic N) is 3. The van der Waals surface area contributed by atoms with Crippen molar-refractivity contribution < 1.29 is 18.0 Å². The fourth-order valence-corrected chi connectivity index (χ4v) is 4.10. The van der Waals surface area contributed by atoms with E-state index >= 15 is 0 Å². The van der Waals surface area contributed by atoms with Gasteiger partial charge in [-0.1, -0.05) is 0 Å². The lowest BCUT2D eigenvalue weighted by molar-refractivity contribution is -0.141. The van der Waals surface area contributed by atoms with Crippen LogP contribution in [0.3, 0.4) is 0 Å². The number of aromatic nitrogens is 2. The highest BCUT2D eigenvalue weighted by Crippen LogP contribution is 2.32. The minimum absolute atomic E-state index is 0.264. The molecule has 0 unspecified atom stereocenters. The predicted molar refractivity (Wildman–Crippen MR) is 113 cm³/mol. The molecule has 1 aromatic carbocycles. The Kier molecular flexibility index (Phi) is 5.72. The number of nitrogens with one attached hydrogen (secondary N) is 1. The largest absolute Gasteiger partial charge is 0.433 e. The van der Waals surface area contributed by atoms with Crippen molar-refractivity contribution in [1.82, 2.24) is 9.97 Å². The van der Waals surface area contributed by atoms with Crippen molar-refractivity contribution in [2.24, 2.45) is 0 Å². The fraction of sp³-hybridized carbons (Fsp3) is 0.286. The topological polar surface area (TPSA) is 58.1 Å². The van der Waals surface area contributed by atoms with Gasteiger partial charge in [-0.05, 0) is 55.7 Å². The van der Waals surface area contributed by atoms with E-state index < -0.39 is 11.9 Å². The highest BCUT2D eigenvalue weighted by molar-refractivity contribution is 7.16. The molecule has 1 saturated heterocycles. The average Bonchev–Trinajstić information content (AvgIpc) is 3.20. The number of halogens is 3. The molecule has 5 nitrogen and oxygen atoms in total. The molecule has 0 saturated carbocycles. The summed E-state index contributed by atoms with van der Waals surface area (Å²) in [5.41, 5.74) is 2.77. The molecule has 1 aliphatic rings. The number of hydrogen-bond donors (Lipinski definition) is 1. The van der Waals surface area contributed by atoms with E-state index in [4.69, 9.17) is 0 Å². The summed E-state index contributed by atoms with van der Waals surface area (Å²) < 4.78 is 40.4. The molecule has 30 heavy (non-hydrogen) atoms. The highest BCUT2D eigenvalue weighted by atomic mass is 32.1. The molecule has 156 valence electrons. The molecule has 0 radical (unpaired) electrons. The molecule has 4 rings (SSSR count). The van der Waals surface area contributed by atoms with Crippen LogP contribution in [0.2, 0.25) is 0 Å². The Morgan fingerprint density at radius 3 is 2.70 bits per heavy atom. The highest BCUT2D eigenvalue weighted by Gasteiger charge is 2.33. The molecule has 0 bridgehead atoms. The third kappa shape index (κ3) is 4.62.